The number of methoxy groups -OCH3 is 1. The van der Waals surface area contributed by atoms with E-state index in [4.69, 9.17) is 9.47 Å². The molecule has 3 aromatic rings. The minimum absolute atomic E-state index is 0.200. The number of rotatable bonds is 9. The topological polar surface area (TPSA) is 61.3 Å². The number of benzene rings is 1. The maximum Gasteiger partial charge on any atom is 0.319 e. The molecule has 0 unspecified atom stereocenters. The van der Waals surface area contributed by atoms with Gasteiger partial charge in [0.1, 0.15) is 27.2 Å². The Hall–Kier alpha value is -2.12. The van der Waals surface area contributed by atoms with Crippen molar-refractivity contribution in [3.05, 3.63) is 36.0 Å². The molecule has 3 rings (SSSR count). The van der Waals surface area contributed by atoms with E-state index in [1.807, 2.05) is 31.2 Å². The summed E-state index contributed by atoms with van der Waals surface area (Å²) in [7, 11) is 1.65. The number of aromatic nitrogens is 2. The third-order valence-electron chi connectivity index (χ3n) is 4.35. The summed E-state index contributed by atoms with van der Waals surface area (Å²) in [4.78, 5) is 22.1. The van der Waals surface area contributed by atoms with Crippen molar-refractivity contribution in [2.45, 2.75) is 43.4 Å². The van der Waals surface area contributed by atoms with Crippen molar-refractivity contribution >= 4 is 39.3 Å². The summed E-state index contributed by atoms with van der Waals surface area (Å²) in [5.41, 5.74) is 2.13. The highest BCUT2D eigenvalue weighted by Gasteiger charge is 2.20. The highest BCUT2D eigenvalue weighted by Crippen LogP contribution is 2.39. The largest absolute Gasteiger partial charge is 0.497 e. The fraction of sp³-hybridized carbons (Fsp3) is 0.381. The highest BCUT2D eigenvalue weighted by molar-refractivity contribution is 8.00. The van der Waals surface area contributed by atoms with Crippen LogP contribution in [0.1, 0.15) is 33.1 Å². The number of hydrogen-bond acceptors (Lipinski definition) is 7. The second-order valence-corrected chi connectivity index (χ2v) is 8.56. The average molecular weight is 417 g/mol. The molecule has 0 fully saturated rings. The van der Waals surface area contributed by atoms with Gasteiger partial charge in [0, 0.05) is 10.9 Å². The number of esters is 1. The number of fused-ring (bicyclic) bond motifs is 1. The fourth-order valence-corrected chi connectivity index (χ4v) is 4.69. The zero-order valence-electron chi connectivity index (χ0n) is 16.3. The molecule has 0 bridgehead atoms. The molecule has 0 aliphatic heterocycles. The predicted octanol–water partition coefficient (Wildman–Crippen LogP) is 5.58. The molecule has 148 valence electrons. The van der Waals surface area contributed by atoms with Gasteiger partial charge in [-0.25, -0.2) is 9.97 Å². The first-order valence-corrected chi connectivity index (χ1v) is 11.1. The van der Waals surface area contributed by atoms with E-state index in [-0.39, 0.29) is 11.2 Å². The molecular weight excluding hydrogens is 392 g/mol. The summed E-state index contributed by atoms with van der Waals surface area (Å²) in [5.74, 6) is 0.614. The Bertz CT molecular complexity index is 925. The van der Waals surface area contributed by atoms with E-state index in [0.717, 1.165) is 51.4 Å². The van der Waals surface area contributed by atoms with Crippen LogP contribution in [0.3, 0.4) is 0 Å². The van der Waals surface area contributed by atoms with Gasteiger partial charge in [-0.3, -0.25) is 4.79 Å². The standard InChI is InChI=1S/C21H24N2O3S2/c1-4-5-6-11-26-21(24)14(2)28-20-18-17(12-27-19(18)22-13-23-20)15-7-9-16(25-3)10-8-15/h7-10,12-14H,4-6,11H2,1-3H3/t14-/m1/s1. The number of thiophene rings is 1. The van der Waals surface area contributed by atoms with Crippen LogP contribution in [0.15, 0.2) is 41.0 Å². The maximum absolute atomic E-state index is 12.3. The van der Waals surface area contributed by atoms with Crippen LogP contribution in [-0.2, 0) is 9.53 Å². The van der Waals surface area contributed by atoms with Gasteiger partial charge in [-0.05, 0) is 31.0 Å². The number of ether oxygens (including phenoxy) is 2. The Balaban J connectivity index is 1.81. The second-order valence-electron chi connectivity index (χ2n) is 6.37. The molecule has 0 amide bonds. The first-order valence-electron chi connectivity index (χ1n) is 9.34. The van der Waals surface area contributed by atoms with Crippen molar-refractivity contribution in [1.82, 2.24) is 9.97 Å². The van der Waals surface area contributed by atoms with Crippen molar-refractivity contribution in [2.75, 3.05) is 13.7 Å². The molecular formula is C21H24N2O3S2. The second kappa shape index (κ2) is 9.89. The SMILES string of the molecule is CCCCCOC(=O)[C@@H](C)Sc1ncnc2scc(-c3ccc(OC)cc3)c12. The molecule has 1 atom stereocenters. The number of nitrogens with zero attached hydrogens (tertiary/aromatic N) is 2. The molecule has 0 radical (unpaired) electrons. The third-order valence-corrected chi connectivity index (χ3v) is 6.31. The van der Waals surface area contributed by atoms with Crippen LogP contribution in [-0.4, -0.2) is 34.9 Å². The Kier molecular flexibility index (Phi) is 7.28. The molecule has 2 aromatic heterocycles. The van der Waals surface area contributed by atoms with Gasteiger partial charge in [0.2, 0.25) is 0 Å². The van der Waals surface area contributed by atoms with Gasteiger partial charge >= 0.3 is 5.97 Å². The van der Waals surface area contributed by atoms with Gasteiger partial charge in [0.25, 0.3) is 0 Å². The lowest BCUT2D eigenvalue weighted by Gasteiger charge is -2.12. The van der Waals surface area contributed by atoms with E-state index in [9.17, 15) is 4.79 Å². The third kappa shape index (κ3) is 4.83. The van der Waals surface area contributed by atoms with Crippen LogP contribution in [0, 0.1) is 0 Å². The molecule has 2 heterocycles. The van der Waals surface area contributed by atoms with Crippen molar-refractivity contribution in [2.24, 2.45) is 0 Å². The molecule has 0 aliphatic carbocycles. The van der Waals surface area contributed by atoms with Crippen LogP contribution in [0.2, 0.25) is 0 Å². The molecule has 0 aliphatic rings. The van der Waals surface area contributed by atoms with Gasteiger partial charge in [-0.15, -0.1) is 11.3 Å². The Morgan fingerprint density at radius 1 is 1.21 bits per heavy atom. The van der Waals surface area contributed by atoms with E-state index in [1.54, 1.807) is 24.8 Å². The quantitative estimate of drug-likeness (QED) is 0.196. The summed E-state index contributed by atoms with van der Waals surface area (Å²) in [5, 5.41) is 3.53. The van der Waals surface area contributed by atoms with Crippen LogP contribution in [0.4, 0.5) is 0 Å². The molecule has 0 spiro atoms. The molecule has 28 heavy (non-hydrogen) atoms. The summed E-state index contributed by atoms with van der Waals surface area (Å²) < 4.78 is 10.6. The molecule has 0 N–H and O–H groups in total. The van der Waals surface area contributed by atoms with Gasteiger partial charge in [0.05, 0.1) is 19.1 Å². The normalized spacial score (nSPS) is 12.1. The summed E-state index contributed by atoms with van der Waals surface area (Å²) in [6, 6.07) is 7.91. The van der Waals surface area contributed by atoms with Crippen molar-refractivity contribution in [3.8, 4) is 16.9 Å². The molecule has 7 heteroatoms. The first-order chi connectivity index (χ1) is 13.6. The zero-order valence-corrected chi connectivity index (χ0v) is 17.9. The van der Waals surface area contributed by atoms with Crippen molar-refractivity contribution in [3.63, 3.8) is 0 Å². The van der Waals surface area contributed by atoms with Gasteiger partial charge in [-0.1, -0.05) is 43.7 Å². The number of carbonyl (C=O) groups is 1. The number of unbranched alkanes of at least 4 members (excludes halogenated alkanes) is 2. The number of carbonyl (C=O) groups excluding carboxylic acids is 1. The Morgan fingerprint density at radius 3 is 2.71 bits per heavy atom. The minimum Gasteiger partial charge on any atom is -0.497 e. The van der Waals surface area contributed by atoms with E-state index in [2.05, 4.69) is 22.3 Å². The van der Waals surface area contributed by atoms with Crippen LogP contribution < -0.4 is 4.74 Å². The Morgan fingerprint density at radius 2 is 2.00 bits per heavy atom. The Labute approximate surface area is 173 Å². The lowest BCUT2D eigenvalue weighted by atomic mass is 10.1. The van der Waals surface area contributed by atoms with E-state index in [1.165, 1.54) is 11.8 Å². The van der Waals surface area contributed by atoms with E-state index in [0.29, 0.717) is 6.61 Å². The molecule has 0 saturated heterocycles. The minimum atomic E-state index is -0.330. The van der Waals surface area contributed by atoms with Crippen molar-refractivity contribution in [1.29, 1.82) is 0 Å². The average Bonchev–Trinajstić information content (AvgIpc) is 3.16. The fourth-order valence-electron chi connectivity index (χ4n) is 2.78. The zero-order chi connectivity index (χ0) is 19.9. The molecule has 0 saturated carbocycles. The monoisotopic (exact) mass is 416 g/mol. The van der Waals surface area contributed by atoms with Gasteiger partial charge in [-0.2, -0.15) is 0 Å². The van der Waals surface area contributed by atoms with Crippen molar-refractivity contribution < 1.29 is 14.3 Å². The van der Waals surface area contributed by atoms with Gasteiger partial charge < -0.3 is 9.47 Å². The number of hydrogen-bond donors (Lipinski definition) is 0. The number of thioether (sulfide) groups is 1. The van der Waals surface area contributed by atoms with Crippen LogP contribution in [0.5, 0.6) is 5.75 Å². The van der Waals surface area contributed by atoms with E-state index >= 15 is 0 Å². The first kappa shape index (κ1) is 20.6. The smallest absolute Gasteiger partial charge is 0.319 e. The lowest BCUT2D eigenvalue weighted by Crippen LogP contribution is -2.17. The summed E-state index contributed by atoms with van der Waals surface area (Å²) in [6.45, 7) is 4.47. The highest BCUT2D eigenvalue weighted by atomic mass is 32.2. The lowest BCUT2D eigenvalue weighted by molar-refractivity contribution is -0.142. The maximum atomic E-state index is 12.3. The van der Waals surface area contributed by atoms with Gasteiger partial charge in [0.15, 0.2) is 0 Å². The predicted molar refractivity (Wildman–Crippen MR) is 115 cm³/mol. The summed E-state index contributed by atoms with van der Waals surface area (Å²) in [6.07, 6.45) is 4.64. The molecule has 1 aromatic carbocycles. The van der Waals surface area contributed by atoms with E-state index < -0.39 is 0 Å². The van der Waals surface area contributed by atoms with Crippen LogP contribution in [0.25, 0.3) is 21.3 Å². The molecule has 5 nitrogen and oxygen atoms in total. The summed E-state index contributed by atoms with van der Waals surface area (Å²) >= 11 is 3.00. The van der Waals surface area contributed by atoms with Crippen LogP contribution >= 0.6 is 23.1 Å².